The quantitative estimate of drug-likeness (QED) is 0.811. The van der Waals surface area contributed by atoms with Crippen molar-refractivity contribution >= 4 is 5.97 Å². The van der Waals surface area contributed by atoms with E-state index in [2.05, 4.69) is 4.90 Å². The molecule has 1 fully saturated rings. The minimum absolute atomic E-state index is 0.0230. The van der Waals surface area contributed by atoms with Gasteiger partial charge in [0.1, 0.15) is 0 Å². The summed E-state index contributed by atoms with van der Waals surface area (Å²) in [5, 5.41) is 9.13. The standard InChI is InChI=1S/C14H19NO4/c1-18-14(17)13-5-3-2-4-11(13)8-15-6-7-19-12(9-15)10-16/h2-5,12,16H,6-10H2,1H3. The van der Waals surface area contributed by atoms with Crippen LogP contribution < -0.4 is 0 Å². The molecule has 19 heavy (non-hydrogen) atoms. The van der Waals surface area contributed by atoms with Gasteiger partial charge in [-0.3, -0.25) is 4.90 Å². The highest BCUT2D eigenvalue weighted by Gasteiger charge is 2.21. The fraction of sp³-hybridized carbons (Fsp3) is 0.500. The first-order valence-corrected chi connectivity index (χ1v) is 6.35. The van der Waals surface area contributed by atoms with E-state index < -0.39 is 0 Å². The van der Waals surface area contributed by atoms with Crippen molar-refractivity contribution in [2.45, 2.75) is 12.6 Å². The predicted octanol–water partition coefficient (Wildman–Crippen LogP) is 0.666. The second-order valence-corrected chi connectivity index (χ2v) is 4.56. The van der Waals surface area contributed by atoms with E-state index in [1.165, 1.54) is 7.11 Å². The Morgan fingerprint density at radius 3 is 3.05 bits per heavy atom. The topological polar surface area (TPSA) is 59.0 Å². The first-order chi connectivity index (χ1) is 9.24. The highest BCUT2D eigenvalue weighted by molar-refractivity contribution is 5.90. The van der Waals surface area contributed by atoms with Crippen LogP contribution in [0.5, 0.6) is 0 Å². The summed E-state index contributed by atoms with van der Waals surface area (Å²) in [6.45, 7) is 2.75. The van der Waals surface area contributed by atoms with Gasteiger partial charge in [-0.15, -0.1) is 0 Å². The Morgan fingerprint density at radius 1 is 1.53 bits per heavy atom. The lowest BCUT2D eigenvalue weighted by Crippen LogP contribution is -2.43. The normalized spacial score (nSPS) is 20.2. The maximum Gasteiger partial charge on any atom is 0.338 e. The fourth-order valence-corrected chi connectivity index (χ4v) is 2.24. The van der Waals surface area contributed by atoms with Crippen molar-refractivity contribution in [2.75, 3.05) is 33.4 Å². The monoisotopic (exact) mass is 265 g/mol. The Bertz CT molecular complexity index is 435. The number of aliphatic hydroxyl groups excluding tert-OH is 1. The lowest BCUT2D eigenvalue weighted by atomic mass is 10.1. The molecule has 5 heteroatoms. The van der Waals surface area contributed by atoms with Crippen LogP contribution in [0.3, 0.4) is 0 Å². The third-order valence-electron chi connectivity index (χ3n) is 3.24. The van der Waals surface area contributed by atoms with Crippen LogP contribution in [0, 0.1) is 0 Å². The van der Waals surface area contributed by atoms with Crippen molar-refractivity contribution in [3.05, 3.63) is 35.4 Å². The van der Waals surface area contributed by atoms with Crippen LogP contribution in [0.25, 0.3) is 0 Å². The highest BCUT2D eigenvalue weighted by atomic mass is 16.5. The van der Waals surface area contributed by atoms with Crippen molar-refractivity contribution in [1.29, 1.82) is 0 Å². The van der Waals surface area contributed by atoms with Crippen molar-refractivity contribution in [3.8, 4) is 0 Å². The molecule has 0 saturated carbocycles. The Hall–Kier alpha value is -1.43. The molecule has 0 aromatic heterocycles. The number of rotatable bonds is 4. The van der Waals surface area contributed by atoms with Crippen molar-refractivity contribution in [1.82, 2.24) is 4.90 Å². The molecular weight excluding hydrogens is 246 g/mol. The number of carbonyl (C=O) groups excluding carboxylic acids is 1. The summed E-state index contributed by atoms with van der Waals surface area (Å²) in [6.07, 6.45) is -0.140. The van der Waals surface area contributed by atoms with Gasteiger partial charge in [0.2, 0.25) is 0 Å². The number of morpholine rings is 1. The molecular formula is C14H19NO4. The molecule has 1 aliphatic heterocycles. The summed E-state index contributed by atoms with van der Waals surface area (Å²) in [5.74, 6) is -0.317. The van der Waals surface area contributed by atoms with Crippen LogP contribution in [0.1, 0.15) is 15.9 Å². The van der Waals surface area contributed by atoms with Crippen LogP contribution in [-0.2, 0) is 16.0 Å². The summed E-state index contributed by atoms with van der Waals surface area (Å²) >= 11 is 0. The maximum atomic E-state index is 11.7. The van der Waals surface area contributed by atoms with Gasteiger partial charge in [0.05, 0.1) is 32.0 Å². The summed E-state index contributed by atoms with van der Waals surface area (Å²) in [4.78, 5) is 13.9. The van der Waals surface area contributed by atoms with Gasteiger partial charge in [-0.25, -0.2) is 4.79 Å². The molecule has 1 unspecified atom stereocenters. The van der Waals surface area contributed by atoms with Crippen LogP contribution in [0.4, 0.5) is 0 Å². The fourth-order valence-electron chi connectivity index (χ4n) is 2.24. The number of benzene rings is 1. The summed E-state index contributed by atoms with van der Waals surface area (Å²) in [5.41, 5.74) is 1.53. The van der Waals surface area contributed by atoms with E-state index in [4.69, 9.17) is 14.6 Å². The largest absolute Gasteiger partial charge is 0.465 e. The molecule has 1 aliphatic rings. The zero-order chi connectivity index (χ0) is 13.7. The third-order valence-corrected chi connectivity index (χ3v) is 3.24. The first-order valence-electron chi connectivity index (χ1n) is 6.35. The van der Waals surface area contributed by atoms with Gasteiger partial charge in [0.25, 0.3) is 0 Å². The van der Waals surface area contributed by atoms with E-state index >= 15 is 0 Å². The Morgan fingerprint density at radius 2 is 2.32 bits per heavy atom. The minimum Gasteiger partial charge on any atom is -0.465 e. The number of methoxy groups -OCH3 is 1. The second-order valence-electron chi connectivity index (χ2n) is 4.56. The molecule has 0 radical (unpaired) electrons. The van der Waals surface area contributed by atoms with Gasteiger partial charge < -0.3 is 14.6 Å². The smallest absolute Gasteiger partial charge is 0.338 e. The van der Waals surface area contributed by atoms with E-state index in [0.717, 1.165) is 12.1 Å². The number of aliphatic hydroxyl groups is 1. The summed E-state index contributed by atoms with van der Waals surface area (Å²) in [6, 6.07) is 7.43. The molecule has 1 aromatic carbocycles. The number of ether oxygens (including phenoxy) is 2. The number of hydrogen-bond donors (Lipinski definition) is 1. The molecule has 1 heterocycles. The number of hydrogen-bond acceptors (Lipinski definition) is 5. The van der Waals surface area contributed by atoms with Gasteiger partial charge in [-0.05, 0) is 11.6 Å². The van der Waals surface area contributed by atoms with Gasteiger partial charge >= 0.3 is 5.97 Å². The average Bonchev–Trinajstić information content (AvgIpc) is 2.47. The van der Waals surface area contributed by atoms with Gasteiger partial charge in [0.15, 0.2) is 0 Å². The van der Waals surface area contributed by atoms with Crippen LogP contribution in [0.2, 0.25) is 0 Å². The lowest BCUT2D eigenvalue weighted by molar-refractivity contribution is -0.0551. The van der Waals surface area contributed by atoms with E-state index in [0.29, 0.717) is 25.3 Å². The highest BCUT2D eigenvalue weighted by Crippen LogP contribution is 2.15. The second kappa shape index (κ2) is 6.65. The predicted molar refractivity (Wildman–Crippen MR) is 69.9 cm³/mol. The number of nitrogens with zero attached hydrogens (tertiary/aromatic N) is 1. The zero-order valence-electron chi connectivity index (χ0n) is 11.0. The van der Waals surface area contributed by atoms with Gasteiger partial charge in [-0.1, -0.05) is 18.2 Å². The number of carbonyl (C=O) groups is 1. The lowest BCUT2D eigenvalue weighted by Gasteiger charge is -2.32. The average molecular weight is 265 g/mol. The van der Waals surface area contributed by atoms with E-state index in [9.17, 15) is 4.79 Å². The Kier molecular flexibility index (Phi) is 4.90. The minimum atomic E-state index is -0.317. The van der Waals surface area contributed by atoms with Crippen molar-refractivity contribution in [2.24, 2.45) is 0 Å². The molecule has 0 bridgehead atoms. The molecule has 1 saturated heterocycles. The van der Waals surface area contributed by atoms with Crippen LogP contribution >= 0.6 is 0 Å². The molecule has 0 aliphatic carbocycles. The number of esters is 1. The van der Waals surface area contributed by atoms with Gasteiger partial charge in [-0.2, -0.15) is 0 Å². The summed E-state index contributed by atoms with van der Waals surface area (Å²) in [7, 11) is 1.38. The zero-order valence-corrected chi connectivity index (χ0v) is 11.0. The van der Waals surface area contributed by atoms with Crippen LogP contribution in [0.15, 0.2) is 24.3 Å². The molecule has 1 atom stereocenters. The van der Waals surface area contributed by atoms with Crippen molar-refractivity contribution < 1.29 is 19.4 Å². The summed E-state index contributed by atoms with van der Waals surface area (Å²) < 4.78 is 10.2. The van der Waals surface area contributed by atoms with E-state index in [-0.39, 0.29) is 18.7 Å². The Balaban J connectivity index is 2.08. The van der Waals surface area contributed by atoms with Gasteiger partial charge in [0, 0.05) is 19.6 Å². The van der Waals surface area contributed by atoms with Crippen molar-refractivity contribution in [3.63, 3.8) is 0 Å². The molecule has 1 aromatic rings. The third kappa shape index (κ3) is 3.53. The molecule has 1 N–H and O–H groups in total. The van der Waals surface area contributed by atoms with Crippen LogP contribution in [-0.4, -0.2) is 55.5 Å². The van der Waals surface area contributed by atoms with E-state index in [1.807, 2.05) is 18.2 Å². The maximum absolute atomic E-state index is 11.7. The molecule has 104 valence electrons. The molecule has 5 nitrogen and oxygen atoms in total. The SMILES string of the molecule is COC(=O)c1ccccc1CN1CCOC(CO)C1. The molecule has 0 spiro atoms. The molecule has 0 amide bonds. The Labute approximate surface area is 112 Å². The molecule has 2 rings (SSSR count). The first kappa shape index (κ1) is 14.0. The van der Waals surface area contributed by atoms with E-state index in [1.54, 1.807) is 6.07 Å².